The average Bonchev–Trinajstić information content (AvgIpc) is 3.43. The first-order valence-corrected chi connectivity index (χ1v) is 12.9. The van der Waals surface area contributed by atoms with Gasteiger partial charge in [-0.2, -0.15) is 0 Å². The highest BCUT2D eigenvalue weighted by molar-refractivity contribution is 5.89. The van der Waals surface area contributed by atoms with Crippen LogP contribution in [0.5, 0.6) is 5.75 Å². The Bertz CT molecular complexity index is 1200. The molecule has 9 heteroatoms. The fourth-order valence-corrected chi connectivity index (χ4v) is 4.50. The maximum atomic E-state index is 13.4. The van der Waals surface area contributed by atoms with E-state index in [1.54, 1.807) is 31.4 Å². The lowest BCUT2D eigenvalue weighted by atomic mass is 9.98. The van der Waals surface area contributed by atoms with Crippen molar-refractivity contribution in [2.75, 3.05) is 33.4 Å². The van der Waals surface area contributed by atoms with E-state index in [1.807, 2.05) is 6.07 Å². The van der Waals surface area contributed by atoms with Crippen LogP contribution in [0.2, 0.25) is 0 Å². The highest BCUT2D eigenvalue weighted by atomic mass is 19.1. The van der Waals surface area contributed by atoms with E-state index in [2.05, 4.69) is 23.1 Å². The van der Waals surface area contributed by atoms with Gasteiger partial charge in [-0.3, -0.25) is 0 Å². The Balaban J connectivity index is 0.000000482. The SMILES string of the molecule is COc1cccc(C2CCN(CCCOC(c3ccc(F)cc3)c3ccc(F)cc3)C2)c1.O=C(O)C=CC(=O)O. The third-order valence-electron chi connectivity index (χ3n) is 6.45. The standard InChI is InChI=1S/C27H29F2NO2.C4H4O4/c1-31-26-5-2-4-22(18-26)23-14-16-30(19-23)15-3-17-32-27(20-6-10-24(28)11-7-20)21-8-12-25(29)13-9-21;5-3(6)1-2-4(7)8/h2,4-13,18,23,27H,3,14-17,19H2,1H3;1-2H,(H,5,6)(H,7,8). The fraction of sp³-hybridized carbons (Fsp3) is 0.290. The summed E-state index contributed by atoms with van der Waals surface area (Å²) in [6, 6.07) is 21.0. The van der Waals surface area contributed by atoms with Crippen molar-refractivity contribution >= 4 is 11.9 Å². The Kier molecular flexibility index (Phi) is 11.8. The summed E-state index contributed by atoms with van der Waals surface area (Å²) in [6.45, 7) is 3.63. The predicted molar refractivity (Wildman–Crippen MR) is 146 cm³/mol. The molecule has 4 rings (SSSR count). The molecule has 7 nitrogen and oxygen atoms in total. The minimum atomic E-state index is -1.26. The van der Waals surface area contributed by atoms with Gasteiger partial charge in [0, 0.05) is 31.8 Å². The first-order valence-electron chi connectivity index (χ1n) is 12.9. The number of rotatable bonds is 11. The van der Waals surface area contributed by atoms with Crippen LogP contribution in [-0.2, 0) is 14.3 Å². The Hall–Kier alpha value is -4.08. The number of carboxylic acids is 2. The number of aliphatic carboxylic acids is 2. The van der Waals surface area contributed by atoms with Crippen molar-refractivity contribution in [3.8, 4) is 5.75 Å². The van der Waals surface area contributed by atoms with Gasteiger partial charge in [0.1, 0.15) is 23.5 Å². The van der Waals surface area contributed by atoms with Gasteiger partial charge in [-0.25, -0.2) is 18.4 Å². The van der Waals surface area contributed by atoms with Crippen LogP contribution in [0, 0.1) is 11.6 Å². The van der Waals surface area contributed by atoms with Crippen molar-refractivity contribution < 1.29 is 38.1 Å². The second-order valence-electron chi connectivity index (χ2n) is 9.28. The first-order chi connectivity index (χ1) is 19.2. The molecule has 1 aliphatic heterocycles. The first kappa shape index (κ1) is 30.5. The molecular weight excluding hydrogens is 520 g/mol. The molecule has 0 saturated carbocycles. The summed E-state index contributed by atoms with van der Waals surface area (Å²) in [7, 11) is 1.70. The Morgan fingerprint density at radius 2 is 1.52 bits per heavy atom. The Labute approximate surface area is 232 Å². The van der Waals surface area contributed by atoms with Gasteiger partial charge in [-0.15, -0.1) is 0 Å². The summed E-state index contributed by atoms with van der Waals surface area (Å²) in [5.41, 5.74) is 3.05. The lowest BCUT2D eigenvalue weighted by molar-refractivity contribution is -0.134. The van der Waals surface area contributed by atoms with Crippen LogP contribution in [0.15, 0.2) is 84.9 Å². The largest absolute Gasteiger partial charge is 0.497 e. The fourth-order valence-electron chi connectivity index (χ4n) is 4.50. The lowest BCUT2D eigenvalue weighted by Crippen LogP contribution is -2.23. The van der Waals surface area contributed by atoms with E-state index in [0.29, 0.717) is 24.7 Å². The van der Waals surface area contributed by atoms with Gasteiger partial charge < -0.3 is 24.6 Å². The van der Waals surface area contributed by atoms with Crippen LogP contribution >= 0.6 is 0 Å². The zero-order chi connectivity index (χ0) is 28.9. The number of likely N-dealkylation sites (tertiary alicyclic amines) is 1. The molecule has 212 valence electrons. The van der Waals surface area contributed by atoms with E-state index in [1.165, 1.54) is 29.8 Å². The van der Waals surface area contributed by atoms with E-state index in [-0.39, 0.29) is 17.7 Å². The van der Waals surface area contributed by atoms with Gasteiger partial charge in [0.05, 0.1) is 7.11 Å². The Morgan fingerprint density at radius 3 is 2.05 bits per heavy atom. The molecule has 0 radical (unpaired) electrons. The Morgan fingerprint density at radius 1 is 0.950 bits per heavy atom. The van der Waals surface area contributed by atoms with Crippen molar-refractivity contribution in [2.24, 2.45) is 0 Å². The normalized spacial score (nSPS) is 15.2. The van der Waals surface area contributed by atoms with Gasteiger partial charge in [0.15, 0.2) is 0 Å². The van der Waals surface area contributed by atoms with Crippen molar-refractivity contribution in [2.45, 2.75) is 24.9 Å². The molecule has 2 N–H and O–H groups in total. The van der Waals surface area contributed by atoms with Crippen LogP contribution in [0.25, 0.3) is 0 Å². The van der Waals surface area contributed by atoms with Crippen molar-refractivity contribution in [1.29, 1.82) is 0 Å². The number of halogens is 2. The molecule has 3 aromatic carbocycles. The van der Waals surface area contributed by atoms with Crippen LogP contribution in [0.4, 0.5) is 8.78 Å². The van der Waals surface area contributed by atoms with E-state index in [4.69, 9.17) is 19.7 Å². The number of benzene rings is 3. The molecule has 0 aromatic heterocycles. The highest BCUT2D eigenvalue weighted by Crippen LogP contribution is 2.30. The quantitative estimate of drug-likeness (QED) is 0.233. The monoisotopic (exact) mass is 553 g/mol. The topological polar surface area (TPSA) is 96.3 Å². The molecule has 1 unspecified atom stereocenters. The second kappa shape index (κ2) is 15.5. The summed E-state index contributed by atoms with van der Waals surface area (Å²) in [4.78, 5) is 21.6. The van der Waals surface area contributed by atoms with Gasteiger partial charge in [0.25, 0.3) is 0 Å². The summed E-state index contributed by atoms with van der Waals surface area (Å²) >= 11 is 0. The predicted octanol–water partition coefficient (Wildman–Crippen LogP) is 5.67. The van der Waals surface area contributed by atoms with E-state index >= 15 is 0 Å². The smallest absolute Gasteiger partial charge is 0.328 e. The number of carbonyl (C=O) groups is 2. The van der Waals surface area contributed by atoms with Crippen molar-refractivity contribution in [3.05, 3.63) is 113 Å². The number of ether oxygens (including phenoxy) is 2. The molecule has 0 spiro atoms. The van der Waals surface area contributed by atoms with Crippen molar-refractivity contribution in [3.63, 3.8) is 0 Å². The number of carboxylic acid groups (broad SMARTS) is 2. The van der Waals surface area contributed by atoms with E-state index in [9.17, 15) is 18.4 Å². The molecule has 1 saturated heterocycles. The minimum Gasteiger partial charge on any atom is -0.497 e. The summed E-state index contributed by atoms with van der Waals surface area (Å²) < 4.78 is 38.3. The molecule has 0 aliphatic carbocycles. The van der Waals surface area contributed by atoms with E-state index < -0.39 is 11.9 Å². The van der Waals surface area contributed by atoms with Crippen LogP contribution in [-0.4, -0.2) is 60.4 Å². The number of hydrogen-bond donors (Lipinski definition) is 2. The van der Waals surface area contributed by atoms with Crippen LogP contribution in [0.1, 0.15) is 41.6 Å². The zero-order valence-electron chi connectivity index (χ0n) is 22.2. The van der Waals surface area contributed by atoms with Gasteiger partial charge in [-0.05, 0) is 78.4 Å². The molecule has 1 aliphatic rings. The third kappa shape index (κ3) is 9.91. The minimum absolute atomic E-state index is 0.286. The van der Waals surface area contributed by atoms with E-state index in [0.717, 1.165) is 49.4 Å². The zero-order valence-corrected chi connectivity index (χ0v) is 22.2. The highest BCUT2D eigenvalue weighted by Gasteiger charge is 2.24. The molecule has 1 fully saturated rings. The molecule has 1 atom stereocenters. The maximum Gasteiger partial charge on any atom is 0.328 e. The molecule has 0 amide bonds. The second-order valence-corrected chi connectivity index (χ2v) is 9.28. The number of methoxy groups -OCH3 is 1. The molecule has 3 aromatic rings. The average molecular weight is 554 g/mol. The molecule has 0 bridgehead atoms. The summed E-state index contributed by atoms with van der Waals surface area (Å²) in [5, 5.41) is 15.6. The van der Waals surface area contributed by atoms with Gasteiger partial charge in [-0.1, -0.05) is 36.4 Å². The van der Waals surface area contributed by atoms with Crippen LogP contribution < -0.4 is 4.74 Å². The molecular formula is C31H33F2NO6. The molecule has 40 heavy (non-hydrogen) atoms. The van der Waals surface area contributed by atoms with Crippen molar-refractivity contribution in [1.82, 2.24) is 4.90 Å². The van der Waals surface area contributed by atoms with Gasteiger partial charge in [0.2, 0.25) is 0 Å². The van der Waals surface area contributed by atoms with Gasteiger partial charge >= 0.3 is 11.9 Å². The summed E-state index contributed by atoms with van der Waals surface area (Å²) in [6.07, 6.45) is 2.80. The maximum absolute atomic E-state index is 13.4. The summed E-state index contributed by atoms with van der Waals surface area (Å²) in [5.74, 6) is -1.66. The van der Waals surface area contributed by atoms with Crippen LogP contribution in [0.3, 0.4) is 0 Å². The number of nitrogens with zero attached hydrogens (tertiary/aromatic N) is 1. The lowest BCUT2D eigenvalue weighted by Gasteiger charge is -2.21. The third-order valence-corrected chi connectivity index (χ3v) is 6.45. The molecule has 1 heterocycles. The number of hydrogen-bond acceptors (Lipinski definition) is 5.